The summed E-state index contributed by atoms with van der Waals surface area (Å²) in [5, 5.41) is 18.8. The Morgan fingerprint density at radius 1 is 1.26 bits per heavy atom. The predicted octanol–water partition coefficient (Wildman–Crippen LogP) is 0.266. The molecule has 1 heterocycles. The summed E-state index contributed by atoms with van der Waals surface area (Å²) in [5.41, 5.74) is 2.04. The summed E-state index contributed by atoms with van der Waals surface area (Å²) >= 11 is 0. The van der Waals surface area contributed by atoms with Crippen LogP contribution in [0.25, 0.3) is 0 Å². The second-order valence-electron chi connectivity index (χ2n) is 5.59. The number of aliphatic hydroxyl groups is 1. The van der Waals surface area contributed by atoms with Crippen molar-refractivity contribution in [2.24, 2.45) is 0 Å². The van der Waals surface area contributed by atoms with Crippen molar-refractivity contribution in [3.8, 4) is 0 Å². The molecule has 0 bridgehead atoms. The van der Waals surface area contributed by atoms with Gasteiger partial charge in [0.25, 0.3) is 0 Å². The highest BCUT2D eigenvalue weighted by Gasteiger charge is 2.35. The highest BCUT2D eigenvalue weighted by atomic mass is 16.5. The highest BCUT2D eigenvalue weighted by molar-refractivity contribution is 5.87. The topological polar surface area (TPSA) is 85.7 Å². The lowest BCUT2D eigenvalue weighted by Gasteiger charge is -2.14. The molecule has 0 fully saturated rings. The summed E-state index contributed by atoms with van der Waals surface area (Å²) < 4.78 is 5.14. The summed E-state index contributed by atoms with van der Waals surface area (Å²) in [6.45, 7) is 1.37. The van der Waals surface area contributed by atoms with Crippen LogP contribution in [0.15, 0.2) is 28.8 Å². The van der Waals surface area contributed by atoms with Crippen molar-refractivity contribution < 1.29 is 19.2 Å². The molecule has 1 amide bonds. The summed E-state index contributed by atoms with van der Waals surface area (Å²) in [7, 11) is 7.40. The molecule has 2 N–H and O–H groups in total. The maximum atomic E-state index is 11.3. The first-order chi connectivity index (χ1) is 10.8. The number of rotatable bonds is 5. The number of nitrogens with one attached hydrogen (secondary N) is 1. The average molecular weight is 320 g/mol. The number of aliphatic hydroxyl groups excluding tert-OH is 1. The van der Waals surface area contributed by atoms with Crippen LogP contribution in [0.3, 0.4) is 0 Å². The van der Waals surface area contributed by atoms with Crippen molar-refractivity contribution >= 4 is 17.5 Å². The van der Waals surface area contributed by atoms with Gasteiger partial charge < -0.3 is 10.0 Å². The molecule has 8 nitrogen and oxygen atoms in total. The average Bonchev–Trinajstić information content (AvgIpc) is 2.89. The molecule has 1 aromatic carbocycles. The van der Waals surface area contributed by atoms with Gasteiger partial charge in [0, 0.05) is 26.7 Å². The standard InChI is InChI=1S/C15H21N5O3/c1-10(21)16-15-13(20(17-23-15)19(4)5)14(22)11-6-8-12(9-7-11)18(2)3/h6-9,14,22H,1-5H3/p+1. The largest absolute Gasteiger partial charge is 0.378 e. The van der Waals surface area contributed by atoms with Crippen LogP contribution in [0, 0.1) is 0 Å². The van der Waals surface area contributed by atoms with E-state index in [0.717, 1.165) is 5.69 Å². The second-order valence-corrected chi connectivity index (χ2v) is 5.59. The molecule has 0 aliphatic carbocycles. The maximum Gasteiger partial charge on any atom is 0.341 e. The van der Waals surface area contributed by atoms with Crippen LogP contribution in [-0.4, -0.2) is 44.5 Å². The summed E-state index contributed by atoms with van der Waals surface area (Å²) in [6.07, 6.45) is -0.998. The van der Waals surface area contributed by atoms with Crippen molar-refractivity contribution in [2.45, 2.75) is 13.0 Å². The van der Waals surface area contributed by atoms with Gasteiger partial charge in [-0.05, 0) is 17.7 Å². The smallest absolute Gasteiger partial charge is 0.341 e. The third-order valence-corrected chi connectivity index (χ3v) is 3.31. The lowest BCUT2D eigenvalue weighted by atomic mass is 10.1. The van der Waals surface area contributed by atoms with Gasteiger partial charge in [0.1, 0.15) is 0 Å². The molecule has 124 valence electrons. The van der Waals surface area contributed by atoms with Crippen LogP contribution in [0.4, 0.5) is 11.6 Å². The zero-order chi connectivity index (χ0) is 17.1. The van der Waals surface area contributed by atoms with Crippen LogP contribution in [0.5, 0.6) is 0 Å². The highest BCUT2D eigenvalue weighted by Crippen LogP contribution is 2.26. The Morgan fingerprint density at radius 3 is 2.35 bits per heavy atom. The molecule has 2 aromatic rings. The third-order valence-electron chi connectivity index (χ3n) is 3.31. The van der Waals surface area contributed by atoms with E-state index in [4.69, 9.17) is 4.52 Å². The first-order valence-electron chi connectivity index (χ1n) is 7.13. The number of hydrogen-bond acceptors (Lipinski definition) is 6. The minimum atomic E-state index is -0.998. The van der Waals surface area contributed by atoms with Gasteiger partial charge >= 0.3 is 11.6 Å². The molecule has 23 heavy (non-hydrogen) atoms. The van der Waals surface area contributed by atoms with E-state index in [1.807, 2.05) is 43.3 Å². The van der Waals surface area contributed by atoms with Gasteiger partial charge in [-0.2, -0.15) is 5.01 Å². The fourth-order valence-corrected chi connectivity index (χ4v) is 2.14. The molecule has 8 heteroatoms. The molecule has 1 atom stereocenters. The van der Waals surface area contributed by atoms with Crippen LogP contribution in [-0.2, 0) is 4.79 Å². The molecule has 2 rings (SSSR count). The Kier molecular flexibility index (Phi) is 4.85. The fraction of sp³-hybridized carbons (Fsp3) is 0.400. The number of hydrogen-bond donors (Lipinski definition) is 2. The van der Waals surface area contributed by atoms with Crippen molar-refractivity contribution in [3.63, 3.8) is 0 Å². The van der Waals surface area contributed by atoms with E-state index in [9.17, 15) is 9.90 Å². The van der Waals surface area contributed by atoms with Gasteiger partial charge in [-0.15, -0.1) is 0 Å². The quantitative estimate of drug-likeness (QED) is 0.769. The van der Waals surface area contributed by atoms with Crippen molar-refractivity contribution in [3.05, 3.63) is 35.5 Å². The molecule has 0 saturated heterocycles. The minimum absolute atomic E-state index is 0.121. The Labute approximate surface area is 134 Å². The molecule has 1 aromatic heterocycles. The van der Waals surface area contributed by atoms with E-state index in [0.29, 0.717) is 11.3 Å². The Morgan fingerprint density at radius 2 is 1.87 bits per heavy atom. The lowest BCUT2D eigenvalue weighted by molar-refractivity contribution is -0.761. The summed E-state index contributed by atoms with van der Waals surface area (Å²) in [4.78, 5) is 14.7. The number of carbonyl (C=O) groups is 1. The van der Waals surface area contributed by atoms with E-state index in [-0.39, 0.29) is 11.8 Å². The van der Waals surface area contributed by atoms with E-state index in [2.05, 4.69) is 10.6 Å². The minimum Gasteiger partial charge on any atom is -0.378 e. The summed E-state index contributed by atoms with van der Waals surface area (Å²) in [5.74, 6) is -0.182. The van der Waals surface area contributed by atoms with E-state index in [1.54, 1.807) is 19.1 Å². The lowest BCUT2D eigenvalue weighted by Crippen LogP contribution is -2.57. The predicted molar refractivity (Wildman–Crippen MR) is 85.9 cm³/mol. The van der Waals surface area contributed by atoms with Gasteiger partial charge in [0.05, 0.1) is 18.9 Å². The van der Waals surface area contributed by atoms with Gasteiger partial charge in [0.15, 0.2) is 6.10 Å². The SMILES string of the molecule is CC(=O)Nc1on[n+](N(C)C)c1C(O)c1ccc(N(C)C)cc1. The third kappa shape index (κ3) is 3.59. The van der Waals surface area contributed by atoms with Crippen molar-refractivity contribution in [1.29, 1.82) is 0 Å². The first kappa shape index (κ1) is 16.8. The van der Waals surface area contributed by atoms with Crippen LogP contribution < -0.4 is 20.0 Å². The van der Waals surface area contributed by atoms with E-state index < -0.39 is 6.10 Å². The van der Waals surface area contributed by atoms with E-state index in [1.165, 1.54) is 11.7 Å². The molecule has 0 aliphatic rings. The molecular formula is C15H22N5O3+. The normalized spacial score (nSPS) is 11.9. The number of amides is 1. The number of anilines is 2. The van der Waals surface area contributed by atoms with Crippen molar-refractivity contribution in [1.82, 2.24) is 5.27 Å². The second kappa shape index (κ2) is 6.66. The van der Waals surface area contributed by atoms with Crippen molar-refractivity contribution in [2.75, 3.05) is 43.4 Å². The molecule has 0 saturated carbocycles. The number of benzene rings is 1. The van der Waals surface area contributed by atoms with Crippen LogP contribution >= 0.6 is 0 Å². The Hall–Kier alpha value is -2.61. The maximum absolute atomic E-state index is 11.3. The molecule has 0 aliphatic heterocycles. The molecule has 1 unspecified atom stereocenters. The first-order valence-corrected chi connectivity index (χ1v) is 7.13. The van der Waals surface area contributed by atoms with E-state index >= 15 is 0 Å². The van der Waals surface area contributed by atoms with Crippen LogP contribution in [0.1, 0.15) is 24.3 Å². The summed E-state index contributed by atoms with van der Waals surface area (Å²) in [6, 6.07) is 7.46. The Bertz CT molecular complexity index is 679. The van der Waals surface area contributed by atoms with Gasteiger partial charge in [-0.1, -0.05) is 12.1 Å². The van der Waals surface area contributed by atoms with Crippen LogP contribution in [0.2, 0.25) is 0 Å². The zero-order valence-electron chi connectivity index (χ0n) is 13.9. The van der Waals surface area contributed by atoms with Gasteiger partial charge in [-0.25, -0.2) is 0 Å². The molecule has 0 spiro atoms. The monoisotopic (exact) mass is 320 g/mol. The van der Waals surface area contributed by atoms with Gasteiger partial charge in [0.2, 0.25) is 11.2 Å². The van der Waals surface area contributed by atoms with Gasteiger partial charge in [-0.3, -0.25) is 14.6 Å². The molecular weight excluding hydrogens is 298 g/mol. The number of aromatic nitrogens is 2. The number of nitrogens with zero attached hydrogens (tertiary/aromatic N) is 4. The number of carbonyl (C=O) groups excluding carboxylic acids is 1. The zero-order valence-corrected chi connectivity index (χ0v) is 13.9. The Balaban J connectivity index is 2.42. The molecule has 0 radical (unpaired) electrons. The fourth-order valence-electron chi connectivity index (χ4n) is 2.14.